The molecule has 2 saturated heterocycles. The number of anilines is 2. The van der Waals surface area contributed by atoms with Crippen molar-refractivity contribution in [1.82, 2.24) is 10.3 Å². The molecule has 0 saturated carbocycles. The minimum Gasteiger partial charge on any atom is -0.378 e. The fraction of sp³-hybridized carbons (Fsp3) is 0.360. The molecule has 33 heavy (non-hydrogen) atoms. The first-order chi connectivity index (χ1) is 16.3. The van der Waals surface area contributed by atoms with Gasteiger partial charge < -0.3 is 24.6 Å². The van der Waals surface area contributed by atoms with Crippen LogP contribution >= 0.6 is 11.3 Å². The van der Waals surface area contributed by atoms with Crippen LogP contribution in [0.5, 0.6) is 0 Å². The van der Waals surface area contributed by atoms with E-state index in [4.69, 9.17) is 9.47 Å². The molecule has 8 heteroatoms. The van der Waals surface area contributed by atoms with E-state index in [0.29, 0.717) is 19.8 Å². The summed E-state index contributed by atoms with van der Waals surface area (Å²) < 4.78 is 11.0. The van der Waals surface area contributed by atoms with E-state index in [-0.39, 0.29) is 5.91 Å². The largest absolute Gasteiger partial charge is 0.378 e. The molecule has 2 aliphatic heterocycles. The van der Waals surface area contributed by atoms with Crippen LogP contribution in [0.4, 0.5) is 10.8 Å². The molecule has 0 unspecified atom stereocenters. The third kappa shape index (κ3) is 5.19. The smallest absolute Gasteiger partial charge is 0.261 e. The molecule has 5 rings (SSSR count). The van der Waals surface area contributed by atoms with Crippen LogP contribution < -0.4 is 15.1 Å². The van der Waals surface area contributed by atoms with Crippen LogP contribution in [0.1, 0.15) is 15.2 Å². The van der Waals surface area contributed by atoms with Crippen LogP contribution in [0.2, 0.25) is 0 Å². The first-order valence-electron chi connectivity index (χ1n) is 11.4. The van der Waals surface area contributed by atoms with Crippen molar-refractivity contribution in [1.29, 1.82) is 0 Å². The molecular weight excluding hydrogens is 436 g/mol. The van der Waals surface area contributed by atoms with Crippen molar-refractivity contribution in [2.24, 2.45) is 0 Å². The van der Waals surface area contributed by atoms with Gasteiger partial charge in [-0.1, -0.05) is 30.3 Å². The molecule has 2 aromatic heterocycles. The van der Waals surface area contributed by atoms with E-state index >= 15 is 0 Å². The van der Waals surface area contributed by atoms with Gasteiger partial charge in [0.2, 0.25) is 0 Å². The first kappa shape index (κ1) is 21.9. The van der Waals surface area contributed by atoms with Crippen LogP contribution in [0, 0.1) is 0 Å². The second-order valence-corrected chi connectivity index (χ2v) is 9.13. The number of ether oxygens (including phenoxy) is 2. The van der Waals surface area contributed by atoms with Crippen molar-refractivity contribution in [3.63, 3.8) is 0 Å². The van der Waals surface area contributed by atoms with E-state index in [9.17, 15) is 4.79 Å². The number of carbonyl (C=O) groups excluding carboxylic acids is 1. The van der Waals surface area contributed by atoms with Crippen LogP contribution in [0.3, 0.4) is 0 Å². The maximum absolute atomic E-state index is 13.1. The third-order valence-electron chi connectivity index (χ3n) is 5.92. The van der Waals surface area contributed by atoms with Gasteiger partial charge in [-0.3, -0.25) is 4.79 Å². The van der Waals surface area contributed by atoms with E-state index in [1.165, 1.54) is 0 Å². The average molecular weight is 465 g/mol. The minimum absolute atomic E-state index is 0.0542. The van der Waals surface area contributed by atoms with E-state index in [2.05, 4.69) is 38.3 Å². The molecule has 0 atom stereocenters. The summed E-state index contributed by atoms with van der Waals surface area (Å²) in [5.74, 6) is 0.878. The van der Waals surface area contributed by atoms with Crippen LogP contribution in [0.25, 0.3) is 11.1 Å². The molecule has 2 aliphatic rings. The summed E-state index contributed by atoms with van der Waals surface area (Å²) in [5, 5.41) is 4.23. The number of pyridine rings is 1. The molecule has 1 amide bonds. The van der Waals surface area contributed by atoms with E-state index in [1.807, 2.05) is 36.5 Å². The predicted octanol–water partition coefficient (Wildman–Crippen LogP) is 3.41. The Balaban J connectivity index is 1.32. The SMILES string of the molecule is O=C(NCc1ccnc(N2CCOCC2)c1)c1cc(-c2ccccc2)c(N2CCOCC2)s1. The molecule has 0 spiro atoms. The molecule has 0 radical (unpaired) electrons. The summed E-state index contributed by atoms with van der Waals surface area (Å²) >= 11 is 1.55. The number of carbonyl (C=O) groups is 1. The van der Waals surface area contributed by atoms with Gasteiger partial charge in [-0.05, 0) is 29.3 Å². The normalized spacial score (nSPS) is 16.6. The topological polar surface area (TPSA) is 66.9 Å². The summed E-state index contributed by atoms with van der Waals surface area (Å²) in [6.07, 6.45) is 1.81. The lowest BCUT2D eigenvalue weighted by molar-refractivity contribution is 0.0955. The third-order valence-corrected chi connectivity index (χ3v) is 7.11. The van der Waals surface area contributed by atoms with E-state index in [0.717, 1.165) is 71.8 Å². The maximum atomic E-state index is 13.1. The number of benzene rings is 1. The zero-order valence-electron chi connectivity index (χ0n) is 18.5. The van der Waals surface area contributed by atoms with E-state index < -0.39 is 0 Å². The minimum atomic E-state index is -0.0542. The van der Waals surface area contributed by atoms with Crippen LogP contribution in [-0.4, -0.2) is 63.5 Å². The molecule has 2 fully saturated rings. The molecule has 172 valence electrons. The number of hydrogen-bond donors (Lipinski definition) is 1. The van der Waals surface area contributed by atoms with Gasteiger partial charge in [0.15, 0.2) is 0 Å². The number of morpholine rings is 2. The Bertz CT molecular complexity index is 1080. The number of nitrogens with one attached hydrogen (secondary N) is 1. The molecule has 0 bridgehead atoms. The fourth-order valence-electron chi connectivity index (χ4n) is 4.12. The molecule has 1 aromatic carbocycles. The Kier molecular flexibility index (Phi) is 6.85. The Morgan fingerprint density at radius 1 is 0.939 bits per heavy atom. The number of nitrogens with zero attached hydrogens (tertiary/aromatic N) is 3. The summed E-state index contributed by atoms with van der Waals surface area (Å²) in [5.41, 5.74) is 3.26. The van der Waals surface area contributed by atoms with Crippen molar-refractivity contribution in [2.45, 2.75) is 6.54 Å². The Morgan fingerprint density at radius 2 is 1.64 bits per heavy atom. The summed E-state index contributed by atoms with van der Waals surface area (Å²) in [6, 6.07) is 16.3. The summed E-state index contributed by atoms with van der Waals surface area (Å²) in [4.78, 5) is 22.9. The summed E-state index contributed by atoms with van der Waals surface area (Å²) in [6.45, 7) is 6.67. The molecule has 3 aromatic rings. The van der Waals surface area contributed by atoms with Gasteiger partial charge in [0, 0.05) is 44.5 Å². The molecule has 0 aliphatic carbocycles. The Morgan fingerprint density at radius 3 is 2.36 bits per heavy atom. The maximum Gasteiger partial charge on any atom is 0.261 e. The van der Waals surface area contributed by atoms with E-state index in [1.54, 1.807) is 11.3 Å². The van der Waals surface area contributed by atoms with Crippen molar-refractivity contribution < 1.29 is 14.3 Å². The standard InChI is InChI=1S/C25H28N4O3S/c30-24(27-18-19-6-7-26-23(16-19)28-8-12-31-13-9-28)22-17-21(20-4-2-1-3-5-20)25(33-22)29-10-14-32-15-11-29/h1-7,16-17H,8-15,18H2,(H,27,30). The van der Waals surface area contributed by atoms with Gasteiger partial charge in [0.1, 0.15) is 5.82 Å². The van der Waals surface area contributed by atoms with Gasteiger partial charge in [-0.2, -0.15) is 0 Å². The van der Waals surface area contributed by atoms with Crippen LogP contribution in [0.15, 0.2) is 54.7 Å². The highest BCUT2D eigenvalue weighted by molar-refractivity contribution is 7.18. The molecule has 1 N–H and O–H groups in total. The first-order valence-corrected chi connectivity index (χ1v) is 12.2. The number of hydrogen-bond acceptors (Lipinski definition) is 7. The monoisotopic (exact) mass is 464 g/mol. The van der Waals surface area contributed by atoms with Crippen molar-refractivity contribution in [3.05, 3.63) is 65.2 Å². The molecular formula is C25H28N4O3S. The second-order valence-electron chi connectivity index (χ2n) is 8.10. The van der Waals surface area contributed by atoms with Crippen molar-refractivity contribution >= 4 is 28.1 Å². The highest BCUT2D eigenvalue weighted by atomic mass is 32.1. The lowest BCUT2D eigenvalue weighted by Crippen LogP contribution is -2.36. The number of thiophene rings is 1. The fourth-order valence-corrected chi connectivity index (χ4v) is 5.27. The number of rotatable bonds is 6. The predicted molar refractivity (Wildman–Crippen MR) is 131 cm³/mol. The van der Waals surface area contributed by atoms with Gasteiger partial charge in [-0.25, -0.2) is 4.98 Å². The molecule has 7 nitrogen and oxygen atoms in total. The van der Waals surface area contributed by atoms with Gasteiger partial charge in [-0.15, -0.1) is 11.3 Å². The quantitative estimate of drug-likeness (QED) is 0.603. The van der Waals surface area contributed by atoms with Crippen LogP contribution in [-0.2, 0) is 16.0 Å². The number of aromatic nitrogens is 1. The summed E-state index contributed by atoms with van der Waals surface area (Å²) in [7, 11) is 0. The highest BCUT2D eigenvalue weighted by Gasteiger charge is 2.22. The number of amides is 1. The van der Waals surface area contributed by atoms with Gasteiger partial charge in [0.25, 0.3) is 5.91 Å². The van der Waals surface area contributed by atoms with Gasteiger partial charge in [0.05, 0.1) is 36.3 Å². The lowest BCUT2D eigenvalue weighted by atomic mass is 10.1. The Hall–Kier alpha value is -2.94. The second kappa shape index (κ2) is 10.3. The zero-order valence-corrected chi connectivity index (χ0v) is 19.4. The zero-order chi connectivity index (χ0) is 22.5. The molecule has 4 heterocycles. The van der Waals surface area contributed by atoms with Gasteiger partial charge >= 0.3 is 0 Å². The van der Waals surface area contributed by atoms with Crippen molar-refractivity contribution in [3.8, 4) is 11.1 Å². The Labute approximate surface area is 198 Å². The lowest BCUT2D eigenvalue weighted by Gasteiger charge is -2.28. The van der Waals surface area contributed by atoms with Crippen molar-refractivity contribution in [2.75, 3.05) is 62.4 Å². The average Bonchev–Trinajstić information content (AvgIpc) is 3.35. The highest BCUT2D eigenvalue weighted by Crippen LogP contribution is 2.39.